The van der Waals surface area contributed by atoms with Gasteiger partial charge in [-0.1, -0.05) is 23.7 Å². The summed E-state index contributed by atoms with van der Waals surface area (Å²) in [5.74, 6) is -2.16. The first-order valence-electron chi connectivity index (χ1n) is 7.38. The molecule has 0 saturated carbocycles. The first-order valence-corrected chi connectivity index (χ1v) is 9.41. The Hall–Kier alpha value is -1.54. The van der Waals surface area contributed by atoms with Gasteiger partial charge in [0.1, 0.15) is 17.2 Å². The molecule has 8 heteroatoms. The molecule has 0 aliphatic carbocycles. The second-order valence-corrected chi connectivity index (χ2v) is 8.00. The van der Waals surface area contributed by atoms with Crippen LogP contribution in [0, 0.1) is 11.6 Å². The summed E-state index contributed by atoms with van der Waals surface area (Å²) in [5, 5.41) is 0.491. The highest BCUT2D eigenvalue weighted by molar-refractivity contribution is 7.88. The van der Waals surface area contributed by atoms with Gasteiger partial charge >= 0.3 is 0 Å². The maximum absolute atomic E-state index is 13.7. The molecule has 1 unspecified atom stereocenters. The van der Waals surface area contributed by atoms with Crippen LogP contribution in [-0.4, -0.2) is 22.1 Å². The average molecular weight is 390 g/mol. The summed E-state index contributed by atoms with van der Waals surface area (Å²) in [4.78, 5) is 0. The number of methoxy groups -OCH3 is 1. The first kappa shape index (κ1) is 19.8. The van der Waals surface area contributed by atoms with Crippen molar-refractivity contribution < 1.29 is 21.9 Å². The zero-order valence-electron chi connectivity index (χ0n) is 13.7. The van der Waals surface area contributed by atoms with E-state index in [1.807, 2.05) is 0 Å². The lowest BCUT2D eigenvalue weighted by Gasteiger charge is -2.29. The highest BCUT2D eigenvalue weighted by atomic mass is 35.5. The smallest absolute Gasteiger partial charge is 0.215 e. The van der Waals surface area contributed by atoms with Crippen LogP contribution in [0.15, 0.2) is 42.5 Å². The lowest BCUT2D eigenvalue weighted by molar-refractivity contribution is 0.00698. The van der Waals surface area contributed by atoms with Crippen molar-refractivity contribution in [3.8, 4) is 0 Å². The minimum Gasteiger partial charge on any atom is -0.372 e. The molecule has 0 spiro atoms. The van der Waals surface area contributed by atoms with Gasteiger partial charge < -0.3 is 4.74 Å². The van der Waals surface area contributed by atoms with Crippen molar-refractivity contribution in [2.45, 2.75) is 18.3 Å². The SMILES string of the molecule is COC(C)(CNS(=O)(=O)Cc1cc(F)ccc1F)c1cccc(Cl)c1. The Morgan fingerprint density at radius 1 is 1.20 bits per heavy atom. The van der Waals surface area contributed by atoms with Crippen molar-refractivity contribution in [1.82, 2.24) is 4.72 Å². The Morgan fingerprint density at radius 3 is 2.56 bits per heavy atom. The molecule has 2 aromatic carbocycles. The molecular formula is C17H18ClF2NO3S. The number of halogens is 3. The quantitative estimate of drug-likeness (QED) is 0.787. The van der Waals surface area contributed by atoms with Crippen LogP contribution in [0.5, 0.6) is 0 Å². The van der Waals surface area contributed by atoms with Crippen LogP contribution < -0.4 is 4.72 Å². The molecule has 1 atom stereocenters. The van der Waals surface area contributed by atoms with Crippen LogP contribution in [-0.2, 0) is 26.1 Å². The van der Waals surface area contributed by atoms with Gasteiger partial charge in [0.05, 0.1) is 5.75 Å². The van der Waals surface area contributed by atoms with E-state index in [9.17, 15) is 17.2 Å². The average Bonchev–Trinajstić information content (AvgIpc) is 2.56. The molecule has 136 valence electrons. The molecule has 2 aromatic rings. The summed E-state index contributed by atoms with van der Waals surface area (Å²) in [6.45, 7) is 1.60. The Bertz CT molecular complexity index is 861. The van der Waals surface area contributed by atoms with Crippen molar-refractivity contribution in [3.63, 3.8) is 0 Å². The largest absolute Gasteiger partial charge is 0.372 e. The van der Waals surface area contributed by atoms with Gasteiger partial charge in [-0.25, -0.2) is 21.9 Å². The Morgan fingerprint density at radius 2 is 1.92 bits per heavy atom. The normalized spacial score (nSPS) is 14.3. The number of hydrogen-bond acceptors (Lipinski definition) is 3. The van der Waals surface area contributed by atoms with Crippen LogP contribution in [0.1, 0.15) is 18.1 Å². The molecule has 0 aliphatic heterocycles. The van der Waals surface area contributed by atoms with Crippen LogP contribution in [0.3, 0.4) is 0 Å². The molecule has 0 bridgehead atoms. The molecule has 0 fully saturated rings. The molecule has 0 aliphatic rings. The van der Waals surface area contributed by atoms with E-state index in [0.717, 1.165) is 18.2 Å². The third-order valence-corrected chi connectivity index (χ3v) is 5.38. The van der Waals surface area contributed by atoms with Gasteiger partial charge in [-0.05, 0) is 42.8 Å². The zero-order valence-corrected chi connectivity index (χ0v) is 15.3. The fraction of sp³-hybridized carbons (Fsp3) is 0.294. The third kappa shape index (κ3) is 5.22. The van der Waals surface area contributed by atoms with E-state index in [1.54, 1.807) is 31.2 Å². The van der Waals surface area contributed by atoms with E-state index in [1.165, 1.54) is 7.11 Å². The van der Waals surface area contributed by atoms with E-state index < -0.39 is 33.0 Å². The Balaban J connectivity index is 2.15. The van der Waals surface area contributed by atoms with Crippen molar-refractivity contribution >= 4 is 21.6 Å². The van der Waals surface area contributed by atoms with E-state index in [2.05, 4.69) is 4.72 Å². The molecule has 1 N–H and O–H groups in total. The standard InChI is InChI=1S/C17H18ClF2NO3S/c1-17(24-2,13-4-3-5-14(18)9-13)11-21-25(22,23)10-12-8-15(19)6-7-16(12)20/h3-9,21H,10-11H2,1-2H3. The van der Waals surface area contributed by atoms with E-state index in [4.69, 9.17) is 16.3 Å². The van der Waals surface area contributed by atoms with Crippen molar-refractivity contribution in [1.29, 1.82) is 0 Å². The van der Waals surface area contributed by atoms with Gasteiger partial charge in [0.25, 0.3) is 0 Å². The van der Waals surface area contributed by atoms with Crippen LogP contribution >= 0.6 is 11.6 Å². The fourth-order valence-electron chi connectivity index (χ4n) is 2.27. The summed E-state index contributed by atoms with van der Waals surface area (Å²) >= 11 is 5.97. The summed E-state index contributed by atoms with van der Waals surface area (Å²) in [6, 6.07) is 9.54. The van der Waals surface area contributed by atoms with E-state index in [0.29, 0.717) is 10.6 Å². The topological polar surface area (TPSA) is 55.4 Å². The highest BCUT2D eigenvalue weighted by Crippen LogP contribution is 2.26. The zero-order chi connectivity index (χ0) is 18.7. The monoisotopic (exact) mass is 389 g/mol. The van der Waals surface area contributed by atoms with Gasteiger partial charge in [0.2, 0.25) is 10.0 Å². The minimum atomic E-state index is -3.90. The number of ether oxygens (including phenoxy) is 1. The molecular weight excluding hydrogens is 372 g/mol. The summed E-state index contributed by atoms with van der Waals surface area (Å²) in [6.07, 6.45) is 0. The van der Waals surface area contributed by atoms with Crippen molar-refractivity contribution in [2.24, 2.45) is 0 Å². The van der Waals surface area contributed by atoms with Gasteiger partial charge in [-0.3, -0.25) is 0 Å². The number of nitrogens with one attached hydrogen (secondary N) is 1. The molecule has 0 heterocycles. The molecule has 0 saturated heterocycles. The fourth-order valence-corrected chi connectivity index (χ4v) is 3.69. The molecule has 25 heavy (non-hydrogen) atoms. The van der Waals surface area contributed by atoms with Gasteiger partial charge in [-0.15, -0.1) is 0 Å². The second-order valence-electron chi connectivity index (χ2n) is 5.76. The molecule has 0 amide bonds. The number of rotatable bonds is 7. The van der Waals surface area contributed by atoms with Gasteiger partial charge in [0, 0.05) is 24.2 Å². The van der Waals surface area contributed by atoms with Gasteiger partial charge in [-0.2, -0.15) is 0 Å². The first-order chi connectivity index (χ1) is 11.6. The lowest BCUT2D eigenvalue weighted by atomic mass is 9.96. The molecule has 4 nitrogen and oxygen atoms in total. The lowest BCUT2D eigenvalue weighted by Crippen LogP contribution is -2.40. The van der Waals surface area contributed by atoms with Crippen molar-refractivity contribution in [2.75, 3.05) is 13.7 Å². The molecule has 2 rings (SSSR count). The summed E-state index contributed by atoms with van der Waals surface area (Å²) in [5.41, 5.74) is -0.533. The summed E-state index contributed by atoms with van der Waals surface area (Å²) < 4.78 is 59.2. The van der Waals surface area contributed by atoms with E-state index in [-0.39, 0.29) is 12.1 Å². The highest BCUT2D eigenvalue weighted by Gasteiger charge is 2.29. The number of hydrogen-bond donors (Lipinski definition) is 1. The summed E-state index contributed by atoms with van der Waals surface area (Å²) in [7, 11) is -2.46. The molecule has 0 aromatic heterocycles. The second kappa shape index (κ2) is 7.78. The maximum atomic E-state index is 13.7. The van der Waals surface area contributed by atoms with Gasteiger partial charge in [0.15, 0.2) is 0 Å². The minimum absolute atomic E-state index is 0.0941. The Labute approximate surface area is 150 Å². The molecule has 0 radical (unpaired) electrons. The van der Waals surface area contributed by atoms with Crippen molar-refractivity contribution in [3.05, 3.63) is 70.2 Å². The van der Waals surface area contributed by atoms with E-state index >= 15 is 0 Å². The predicted octanol–water partition coefficient (Wildman–Crippen LogP) is 3.60. The third-order valence-electron chi connectivity index (χ3n) is 3.87. The Kier molecular flexibility index (Phi) is 6.16. The van der Waals surface area contributed by atoms with Crippen LogP contribution in [0.25, 0.3) is 0 Å². The van der Waals surface area contributed by atoms with Crippen LogP contribution in [0.2, 0.25) is 5.02 Å². The predicted molar refractivity (Wildman–Crippen MR) is 92.8 cm³/mol. The number of sulfonamides is 1. The maximum Gasteiger partial charge on any atom is 0.215 e. The van der Waals surface area contributed by atoms with Crippen LogP contribution in [0.4, 0.5) is 8.78 Å². The number of benzene rings is 2.